The number of aromatic nitrogens is 1. The summed E-state index contributed by atoms with van der Waals surface area (Å²) in [5, 5.41) is 2.90. The molecule has 2 rings (SSSR count). The second-order valence-corrected chi connectivity index (χ2v) is 7.13. The molecule has 1 saturated heterocycles. The van der Waals surface area contributed by atoms with Crippen molar-refractivity contribution in [1.82, 2.24) is 15.2 Å². The predicted octanol–water partition coefficient (Wildman–Crippen LogP) is 2.48. The normalized spacial score (nSPS) is 18.9. The zero-order valence-corrected chi connectivity index (χ0v) is 13.8. The fourth-order valence-corrected chi connectivity index (χ4v) is 2.64. The van der Waals surface area contributed by atoms with Gasteiger partial charge < -0.3 is 10.2 Å². The van der Waals surface area contributed by atoms with Crippen LogP contribution in [0.5, 0.6) is 0 Å². The number of nitrogens with one attached hydrogen (secondary N) is 1. The molecule has 0 saturated carbocycles. The van der Waals surface area contributed by atoms with Crippen LogP contribution in [0.4, 0.5) is 0 Å². The lowest BCUT2D eigenvalue weighted by atomic mass is 10.00. The zero-order chi connectivity index (χ0) is 16.3. The largest absolute Gasteiger partial charge is 0.347 e. The number of piperidine rings is 1. The average Bonchev–Trinajstić information content (AvgIpc) is 2.45. The Morgan fingerprint density at radius 1 is 1.36 bits per heavy atom. The van der Waals surface area contributed by atoms with Gasteiger partial charge in [0, 0.05) is 30.4 Å². The Labute approximate surface area is 132 Å². The second kappa shape index (κ2) is 6.46. The molecule has 0 bridgehead atoms. The molecule has 1 atom stereocenters. The van der Waals surface area contributed by atoms with Crippen molar-refractivity contribution in [3.8, 4) is 0 Å². The van der Waals surface area contributed by atoms with Crippen molar-refractivity contribution in [1.29, 1.82) is 0 Å². The molecule has 5 nitrogen and oxygen atoms in total. The van der Waals surface area contributed by atoms with Gasteiger partial charge in [0.05, 0.1) is 0 Å². The Kier molecular flexibility index (Phi) is 4.84. The van der Waals surface area contributed by atoms with Crippen LogP contribution in [0, 0.1) is 5.92 Å². The van der Waals surface area contributed by atoms with E-state index >= 15 is 0 Å². The quantitative estimate of drug-likeness (QED) is 0.913. The average molecular weight is 303 g/mol. The van der Waals surface area contributed by atoms with Crippen LogP contribution >= 0.6 is 0 Å². The smallest absolute Gasteiger partial charge is 0.272 e. The molecule has 120 valence electrons. The van der Waals surface area contributed by atoms with E-state index < -0.39 is 0 Å². The topological polar surface area (TPSA) is 62.3 Å². The maximum Gasteiger partial charge on any atom is 0.272 e. The molecule has 0 aliphatic carbocycles. The third kappa shape index (κ3) is 4.29. The van der Waals surface area contributed by atoms with E-state index in [0.717, 1.165) is 25.9 Å². The standard InChI is InChI=1S/C17H25N3O2/c1-12-6-5-9-20(11-12)16(22)14-10-13(7-8-18-14)15(21)19-17(2,3)4/h7-8,10,12H,5-6,9,11H2,1-4H3,(H,19,21). The van der Waals surface area contributed by atoms with Gasteiger partial charge in [0.2, 0.25) is 0 Å². The van der Waals surface area contributed by atoms with Gasteiger partial charge in [-0.2, -0.15) is 0 Å². The lowest BCUT2D eigenvalue weighted by Crippen LogP contribution is -2.41. The Bertz CT molecular complexity index is 563. The van der Waals surface area contributed by atoms with Gasteiger partial charge in [0.25, 0.3) is 11.8 Å². The highest BCUT2D eigenvalue weighted by molar-refractivity contribution is 5.98. The molecule has 1 aromatic heterocycles. The van der Waals surface area contributed by atoms with Gasteiger partial charge in [0.1, 0.15) is 5.69 Å². The summed E-state index contributed by atoms with van der Waals surface area (Å²) in [6, 6.07) is 3.22. The van der Waals surface area contributed by atoms with Crippen molar-refractivity contribution in [2.24, 2.45) is 5.92 Å². The van der Waals surface area contributed by atoms with Crippen molar-refractivity contribution < 1.29 is 9.59 Å². The summed E-state index contributed by atoms with van der Waals surface area (Å²) in [5.41, 5.74) is 0.501. The molecular weight excluding hydrogens is 278 g/mol. The zero-order valence-electron chi connectivity index (χ0n) is 13.8. The van der Waals surface area contributed by atoms with Gasteiger partial charge in [-0.3, -0.25) is 14.6 Å². The molecule has 0 spiro atoms. The predicted molar refractivity (Wildman–Crippen MR) is 85.8 cm³/mol. The fraction of sp³-hybridized carbons (Fsp3) is 0.588. The summed E-state index contributed by atoms with van der Waals surface area (Å²) < 4.78 is 0. The fourth-order valence-electron chi connectivity index (χ4n) is 2.64. The van der Waals surface area contributed by atoms with Crippen LogP contribution in [-0.4, -0.2) is 40.3 Å². The van der Waals surface area contributed by atoms with E-state index in [9.17, 15) is 9.59 Å². The van der Waals surface area contributed by atoms with Gasteiger partial charge in [-0.05, 0) is 51.7 Å². The lowest BCUT2D eigenvalue weighted by molar-refractivity contribution is 0.0677. The van der Waals surface area contributed by atoms with Crippen LogP contribution in [0.1, 0.15) is 61.4 Å². The van der Waals surface area contributed by atoms with Crippen molar-refractivity contribution in [3.63, 3.8) is 0 Å². The van der Waals surface area contributed by atoms with Crippen LogP contribution in [0.3, 0.4) is 0 Å². The number of carbonyl (C=O) groups excluding carboxylic acids is 2. The highest BCUT2D eigenvalue weighted by Crippen LogP contribution is 2.17. The summed E-state index contributed by atoms with van der Waals surface area (Å²) >= 11 is 0. The van der Waals surface area contributed by atoms with Gasteiger partial charge in [-0.15, -0.1) is 0 Å². The first-order valence-electron chi connectivity index (χ1n) is 7.84. The second-order valence-electron chi connectivity index (χ2n) is 7.13. The maximum atomic E-state index is 12.5. The molecule has 2 heterocycles. The molecule has 0 aromatic carbocycles. The van der Waals surface area contributed by atoms with E-state index in [4.69, 9.17) is 0 Å². The van der Waals surface area contributed by atoms with Gasteiger partial charge >= 0.3 is 0 Å². The first-order valence-corrected chi connectivity index (χ1v) is 7.84. The minimum Gasteiger partial charge on any atom is -0.347 e. The number of amides is 2. The Balaban J connectivity index is 2.14. The van der Waals surface area contributed by atoms with Crippen molar-refractivity contribution >= 4 is 11.8 Å². The van der Waals surface area contributed by atoms with Gasteiger partial charge in [-0.25, -0.2) is 0 Å². The number of nitrogens with zero attached hydrogens (tertiary/aromatic N) is 2. The van der Waals surface area contributed by atoms with Gasteiger partial charge in [-0.1, -0.05) is 6.92 Å². The molecule has 1 aromatic rings. The summed E-state index contributed by atoms with van der Waals surface area (Å²) in [7, 11) is 0. The highest BCUT2D eigenvalue weighted by atomic mass is 16.2. The minimum atomic E-state index is -0.313. The molecule has 2 amide bonds. The molecule has 22 heavy (non-hydrogen) atoms. The van der Waals surface area contributed by atoms with Crippen LogP contribution in [0.15, 0.2) is 18.3 Å². The SMILES string of the molecule is CC1CCCN(C(=O)c2cc(C(=O)NC(C)(C)C)ccn2)C1. The Morgan fingerprint density at radius 3 is 2.73 bits per heavy atom. The van der Waals surface area contributed by atoms with Crippen molar-refractivity contribution in [3.05, 3.63) is 29.6 Å². The Morgan fingerprint density at radius 2 is 2.09 bits per heavy atom. The van der Waals surface area contributed by atoms with E-state index in [-0.39, 0.29) is 17.4 Å². The molecule has 0 radical (unpaired) electrons. The molecule has 5 heteroatoms. The molecule has 1 aliphatic heterocycles. The molecular formula is C17H25N3O2. The molecule has 1 fully saturated rings. The van der Waals surface area contributed by atoms with Crippen molar-refractivity contribution in [2.45, 2.75) is 46.1 Å². The summed E-state index contributed by atoms with van der Waals surface area (Å²) in [5.74, 6) is 0.248. The first kappa shape index (κ1) is 16.5. The monoisotopic (exact) mass is 303 g/mol. The van der Waals surface area contributed by atoms with Crippen LogP contribution < -0.4 is 5.32 Å². The van der Waals surface area contributed by atoms with Crippen LogP contribution in [0.2, 0.25) is 0 Å². The maximum absolute atomic E-state index is 12.5. The Hall–Kier alpha value is -1.91. The van der Waals surface area contributed by atoms with Crippen LogP contribution in [0.25, 0.3) is 0 Å². The highest BCUT2D eigenvalue weighted by Gasteiger charge is 2.24. The number of likely N-dealkylation sites (tertiary alicyclic amines) is 1. The van der Waals surface area contributed by atoms with E-state index in [1.54, 1.807) is 12.1 Å². The first-order chi connectivity index (χ1) is 10.3. The van der Waals surface area contributed by atoms with Crippen molar-refractivity contribution in [2.75, 3.05) is 13.1 Å². The van der Waals surface area contributed by atoms with E-state index in [1.165, 1.54) is 6.20 Å². The third-order valence-electron chi connectivity index (χ3n) is 3.67. The number of carbonyl (C=O) groups is 2. The van der Waals surface area contributed by atoms with Gasteiger partial charge in [0.15, 0.2) is 0 Å². The molecule has 1 unspecified atom stereocenters. The number of pyridine rings is 1. The summed E-state index contributed by atoms with van der Waals surface area (Å²) in [6.45, 7) is 9.45. The van der Waals surface area contributed by atoms with E-state index in [2.05, 4.69) is 17.2 Å². The van der Waals surface area contributed by atoms with E-state index in [0.29, 0.717) is 17.2 Å². The molecule has 1 N–H and O–H groups in total. The molecule has 1 aliphatic rings. The number of rotatable bonds is 2. The summed E-state index contributed by atoms with van der Waals surface area (Å²) in [4.78, 5) is 30.7. The lowest BCUT2D eigenvalue weighted by Gasteiger charge is -2.30. The van der Waals surface area contributed by atoms with E-state index in [1.807, 2.05) is 25.7 Å². The number of hydrogen-bond donors (Lipinski definition) is 1. The summed E-state index contributed by atoms with van der Waals surface area (Å²) in [6.07, 6.45) is 3.71. The minimum absolute atomic E-state index is 0.0861. The van der Waals surface area contributed by atoms with Crippen LogP contribution in [-0.2, 0) is 0 Å². The third-order valence-corrected chi connectivity index (χ3v) is 3.67. The number of hydrogen-bond acceptors (Lipinski definition) is 3.